The lowest BCUT2D eigenvalue weighted by molar-refractivity contribution is 0.399. The van der Waals surface area contributed by atoms with Crippen molar-refractivity contribution in [2.45, 2.75) is 5.92 Å². The molecule has 4 heteroatoms. The fourth-order valence-electron chi connectivity index (χ4n) is 2.93. The molecular formula is C18H12N2OS. The third kappa shape index (κ3) is 1.80. The first-order valence-corrected chi connectivity index (χ1v) is 7.80. The van der Waals surface area contributed by atoms with Crippen LogP contribution in [0.3, 0.4) is 0 Å². The smallest absolute Gasteiger partial charge is 0.205 e. The fourth-order valence-corrected chi connectivity index (χ4v) is 3.79. The number of nitrogens with two attached hydrogens (primary N) is 1. The summed E-state index contributed by atoms with van der Waals surface area (Å²) in [5, 5.41) is 13.6. The van der Waals surface area contributed by atoms with Gasteiger partial charge in [-0.1, -0.05) is 42.5 Å². The third-order valence-corrected chi connectivity index (χ3v) is 4.87. The summed E-state index contributed by atoms with van der Waals surface area (Å²) in [5.41, 5.74) is 7.50. The van der Waals surface area contributed by atoms with Gasteiger partial charge in [0.15, 0.2) is 0 Å². The molecule has 0 bridgehead atoms. The molecule has 1 atom stereocenters. The van der Waals surface area contributed by atoms with E-state index in [1.54, 1.807) is 11.3 Å². The van der Waals surface area contributed by atoms with Gasteiger partial charge in [0.05, 0.1) is 5.92 Å². The van der Waals surface area contributed by atoms with Crippen LogP contribution in [0.4, 0.5) is 0 Å². The number of hydrogen-bond acceptors (Lipinski definition) is 4. The van der Waals surface area contributed by atoms with E-state index in [1.165, 1.54) is 0 Å². The van der Waals surface area contributed by atoms with Crippen LogP contribution >= 0.6 is 11.3 Å². The van der Waals surface area contributed by atoms with Crippen LogP contribution in [0.25, 0.3) is 10.8 Å². The summed E-state index contributed by atoms with van der Waals surface area (Å²) in [6.07, 6.45) is 0. The van der Waals surface area contributed by atoms with Crippen molar-refractivity contribution in [1.82, 2.24) is 0 Å². The number of allylic oxidation sites excluding steroid dienone is 1. The maximum absolute atomic E-state index is 9.51. The van der Waals surface area contributed by atoms with E-state index in [0.29, 0.717) is 5.57 Å². The second kappa shape index (κ2) is 4.90. The first-order chi connectivity index (χ1) is 10.8. The summed E-state index contributed by atoms with van der Waals surface area (Å²) in [4.78, 5) is 1.10. The van der Waals surface area contributed by atoms with Gasteiger partial charge in [-0.15, -0.1) is 11.3 Å². The zero-order chi connectivity index (χ0) is 15.1. The third-order valence-electron chi connectivity index (χ3n) is 3.94. The Hall–Kier alpha value is -2.77. The van der Waals surface area contributed by atoms with Crippen molar-refractivity contribution in [2.75, 3.05) is 0 Å². The number of thiophene rings is 1. The van der Waals surface area contributed by atoms with E-state index in [1.807, 2.05) is 47.8 Å². The molecule has 4 rings (SSSR count). The molecule has 0 fully saturated rings. The number of nitriles is 1. The molecule has 3 aromatic rings. The van der Waals surface area contributed by atoms with Crippen LogP contribution in [0.2, 0.25) is 0 Å². The highest BCUT2D eigenvalue weighted by molar-refractivity contribution is 7.10. The fraction of sp³-hybridized carbons (Fsp3) is 0.0556. The van der Waals surface area contributed by atoms with Crippen molar-refractivity contribution in [3.05, 3.63) is 75.8 Å². The molecule has 106 valence electrons. The summed E-state index contributed by atoms with van der Waals surface area (Å²) < 4.78 is 5.82. The molecule has 0 radical (unpaired) electrons. The minimum atomic E-state index is -0.154. The summed E-state index contributed by atoms with van der Waals surface area (Å²) in [5.74, 6) is 0.802. The molecule has 1 aliphatic rings. The van der Waals surface area contributed by atoms with E-state index in [4.69, 9.17) is 10.5 Å². The number of ether oxygens (including phenoxy) is 1. The Morgan fingerprint density at radius 1 is 1.09 bits per heavy atom. The van der Waals surface area contributed by atoms with Gasteiger partial charge in [-0.3, -0.25) is 0 Å². The Morgan fingerprint density at radius 3 is 2.73 bits per heavy atom. The molecule has 22 heavy (non-hydrogen) atoms. The normalized spacial score (nSPS) is 17.0. The molecule has 1 aromatic heterocycles. The van der Waals surface area contributed by atoms with E-state index in [0.717, 1.165) is 27.0 Å². The quantitative estimate of drug-likeness (QED) is 0.735. The molecule has 3 nitrogen and oxygen atoms in total. The number of rotatable bonds is 1. The first kappa shape index (κ1) is 12.9. The van der Waals surface area contributed by atoms with Gasteiger partial charge >= 0.3 is 0 Å². The lowest BCUT2D eigenvalue weighted by Gasteiger charge is -2.26. The van der Waals surface area contributed by atoms with E-state index >= 15 is 0 Å². The minimum absolute atomic E-state index is 0.154. The molecule has 0 spiro atoms. The van der Waals surface area contributed by atoms with Crippen molar-refractivity contribution in [3.63, 3.8) is 0 Å². The molecule has 0 unspecified atom stereocenters. The topological polar surface area (TPSA) is 59.0 Å². The van der Waals surface area contributed by atoms with Gasteiger partial charge in [0.1, 0.15) is 17.4 Å². The van der Waals surface area contributed by atoms with Gasteiger partial charge in [0.25, 0.3) is 0 Å². The number of hydrogen-bond donors (Lipinski definition) is 1. The van der Waals surface area contributed by atoms with Crippen molar-refractivity contribution in [1.29, 1.82) is 5.26 Å². The zero-order valence-electron chi connectivity index (χ0n) is 11.6. The van der Waals surface area contributed by atoms with Crippen molar-refractivity contribution >= 4 is 22.1 Å². The van der Waals surface area contributed by atoms with Gasteiger partial charge in [0, 0.05) is 15.8 Å². The number of nitrogens with zero attached hydrogens (tertiary/aromatic N) is 1. The average molecular weight is 304 g/mol. The molecule has 0 aliphatic carbocycles. The second-order valence-corrected chi connectivity index (χ2v) is 6.12. The Kier molecular flexibility index (Phi) is 2.88. The second-order valence-electron chi connectivity index (χ2n) is 5.15. The molecule has 0 amide bonds. The Morgan fingerprint density at radius 2 is 1.95 bits per heavy atom. The predicted molar refractivity (Wildman–Crippen MR) is 87.6 cm³/mol. The van der Waals surface area contributed by atoms with Crippen LogP contribution in [-0.2, 0) is 0 Å². The average Bonchev–Trinajstić information content (AvgIpc) is 3.07. The van der Waals surface area contributed by atoms with Gasteiger partial charge in [-0.05, 0) is 16.8 Å². The Bertz CT molecular complexity index is 935. The zero-order valence-corrected chi connectivity index (χ0v) is 12.4. The van der Waals surface area contributed by atoms with E-state index in [2.05, 4.69) is 12.1 Å². The molecule has 2 heterocycles. The largest absolute Gasteiger partial charge is 0.440 e. The maximum Gasteiger partial charge on any atom is 0.205 e. The highest BCUT2D eigenvalue weighted by atomic mass is 32.1. The SMILES string of the molecule is N#CC1=C(N)Oc2c(ccc3ccccc23)[C@H]1c1cccs1. The van der Waals surface area contributed by atoms with Gasteiger partial charge in [-0.2, -0.15) is 5.26 Å². The van der Waals surface area contributed by atoms with Gasteiger partial charge in [0.2, 0.25) is 5.88 Å². The van der Waals surface area contributed by atoms with Crippen molar-refractivity contribution in [2.24, 2.45) is 5.73 Å². The predicted octanol–water partition coefficient (Wildman–Crippen LogP) is 4.12. The van der Waals surface area contributed by atoms with Gasteiger partial charge in [-0.25, -0.2) is 0 Å². The van der Waals surface area contributed by atoms with Gasteiger partial charge < -0.3 is 10.5 Å². The maximum atomic E-state index is 9.51. The Balaban J connectivity index is 2.04. The number of benzene rings is 2. The summed E-state index contributed by atoms with van der Waals surface area (Å²) in [6.45, 7) is 0. The lowest BCUT2D eigenvalue weighted by atomic mass is 9.86. The van der Waals surface area contributed by atoms with E-state index in [9.17, 15) is 5.26 Å². The molecule has 0 saturated carbocycles. The van der Waals surface area contributed by atoms with Crippen LogP contribution < -0.4 is 10.5 Å². The molecule has 1 aliphatic heterocycles. The van der Waals surface area contributed by atoms with Crippen molar-refractivity contribution in [3.8, 4) is 11.8 Å². The molecule has 2 N–H and O–H groups in total. The van der Waals surface area contributed by atoms with Crippen LogP contribution in [0.15, 0.2) is 65.4 Å². The first-order valence-electron chi connectivity index (χ1n) is 6.92. The lowest BCUT2D eigenvalue weighted by Crippen LogP contribution is -2.20. The molecular weight excluding hydrogens is 292 g/mol. The highest BCUT2D eigenvalue weighted by Crippen LogP contribution is 2.46. The monoisotopic (exact) mass is 304 g/mol. The summed E-state index contributed by atoms with van der Waals surface area (Å²) >= 11 is 1.62. The standard InChI is InChI=1S/C18H12N2OS/c19-10-14-16(15-6-3-9-22-15)13-8-7-11-4-1-2-5-12(11)17(13)21-18(14)20/h1-9,16H,20H2/t16-/m1/s1. The highest BCUT2D eigenvalue weighted by Gasteiger charge is 2.32. The van der Waals surface area contributed by atoms with Crippen LogP contribution in [0.1, 0.15) is 16.4 Å². The van der Waals surface area contributed by atoms with Crippen molar-refractivity contribution < 1.29 is 4.74 Å². The van der Waals surface area contributed by atoms with Crippen LogP contribution in [-0.4, -0.2) is 0 Å². The van der Waals surface area contributed by atoms with Crippen LogP contribution in [0, 0.1) is 11.3 Å². The Labute approximate surface area is 131 Å². The summed E-state index contributed by atoms with van der Waals surface area (Å²) in [6, 6.07) is 18.4. The van der Waals surface area contributed by atoms with E-state index < -0.39 is 0 Å². The summed E-state index contributed by atoms with van der Waals surface area (Å²) in [7, 11) is 0. The molecule has 2 aromatic carbocycles. The molecule has 0 saturated heterocycles. The van der Waals surface area contributed by atoms with E-state index in [-0.39, 0.29) is 11.8 Å². The van der Waals surface area contributed by atoms with Crippen LogP contribution in [0.5, 0.6) is 5.75 Å². The minimum Gasteiger partial charge on any atom is -0.440 e. The number of fused-ring (bicyclic) bond motifs is 3.